The molecule has 100 valence electrons. The summed E-state index contributed by atoms with van der Waals surface area (Å²) in [4.78, 5) is 11.2. The summed E-state index contributed by atoms with van der Waals surface area (Å²) in [5, 5.41) is 0. The second-order valence-corrected chi connectivity index (χ2v) is 6.14. The number of nitrogens with zero attached hydrogens (tertiary/aromatic N) is 3. The number of halogens is 1. The molecule has 5 heteroatoms. The molecule has 3 heterocycles. The Morgan fingerprint density at radius 1 is 1.42 bits per heavy atom. The number of piperidine rings is 1. The first-order chi connectivity index (χ1) is 9.15. The van der Waals surface area contributed by atoms with Gasteiger partial charge in [-0.05, 0) is 40.4 Å². The topological polar surface area (TPSA) is 55.0 Å². The van der Waals surface area contributed by atoms with Gasteiger partial charge in [0, 0.05) is 36.0 Å². The van der Waals surface area contributed by atoms with E-state index in [0.717, 1.165) is 40.7 Å². The van der Waals surface area contributed by atoms with Crippen LogP contribution in [-0.2, 0) is 0 Å². The van der Waals surface area contributed by atoms with E-state index in [1.807, 2.05) is 24.5 Å². The predicted molar refractivity (Wildman–Crippen MR) is 81.2 cm³/mol. The Morgan fingerprint density at radius 3 is 3.05 bits per heavy atom. The summed E-state index contributed by atoms with van der Waals surface area (Å²) < 4.78 is 0.952. The molecule has 1 fully saturated rings. The number of pyridine rings is 2. The minimum Gasteiger partial charge on any atom is -0.368 e. The fourth-order valence-electron chi connectivity index (χ4n) is 2.56. The van der Waals surface area contributed by atoms with Crippen LogP contribution in [0.3, 0.4) is 0 Å². The molecule has 0 spiro atoms. The zero-order valence-corrected chi connectivity index (χ0v) is 12.5. The predicted octanol–water partition coefficient (Wildman–Crippen LogP) is 2.57. The van der Waals surface area contributed by atoms with Gasteiger partial charge in [0.15, 0.2) is 0 Å². The third kappa shape index (κ3) is 2.44. The molecule has 0 radical (unpaired) electrons. The van der Waals surface area contributed by atoms with Crippen molar-refractivity contribution >= 4 is 32.7 Å². The van der Waals surface area contributed by atoms with Gasteiger partial charge in [-0.15, -0.1) is 0 Å². The lowest BCUT2D eigenvalue weighted by molar-refractivity contribution is 0.379. The minimum absolute atomic E-state index is 0.229. The molecule has 0 amide bonds. The van der Waals surface area contributed by atoms with E-state index in [9.17, 15) is 0 Å². The zero-order chi connectivity index (χ0) is 13.4. The maximum Gasteiger partial charge on any atom is 0.112 e. The molecule has 0 bridgehead atoms. The van der Waals surface area contributed by atoms with Gasteiger partial charge < -0.3 is 10.6 Å². The summed E-state index contributed by atoms with van der Waals surface area (Å²) in [6.07, 6.45) is 4.79. The van der Waals surface area contributed by atoms with Crippen molar-refractivity contribution in [1.82, 2.24) is 9.97 Å². The number of hydrogen-bond acceptors (Lipinski definition) is 4. The fourth-order valence-corrected chi connectivity index (χ4v) is 2.88. The molecule has 4 nitrogen and oxygen atoms in total. The van der Waals surface area contributed by atoms with E-state index in [4.69, 9.17) is 5.73 Å². The highest BCUT2D eigenvalue weighted by molar-refractivity contribution is 9.10. The van der Waals surface area contributed by atoms with Crippen LogP contribution in [0.25, 0.3) is 11.0 Å². The number of fused-ring (bicyclic) bond motifs is 1. The molecule has 0 saturated carbocycles. The Labute approximate surface area is 121 Å². The van der Waals surface area contributed by atoms with Gasteiger partial charge >= 0.3 is 0 Å². The van der Waals surface area contributed by atoms with Crippen molar-refractivity contribution < 1.29 is 0 Å². The second-order valence-electron chi connectivity index (χ2n) is 5.23. The smallest absolute Gasteiger partial charge is 0.112 e. The van der Waals surface area contributed by atoms with Crippen LogP contribution in [0.2, 0.25) is 0 Å². The van der Waals surface area contributed by atoms with Crippen LogP contribution >= 0.6 is 15.9 Å². The minimum atomic E-state index is 0.229. The molecule has 1 aliphatic rings. The first-order valence-electron chi connectivity index (χ1n) is 6.56. The van der Waals surface area contributed by atoms with Crippen LogP contribution in [0.5, 0.6) is 0 Å². The summed E-state index contributed by atoms with van der Waals surface area (Å²) in [6, 6.07) is 4.26. The fraction of sp³-hybridized carbons (Fsp3) is 0.429. The molecule has 2 atom stereocenters. The van der Waals surface area contributed by atoms with Crippen molar-refractivity contribution in [3.63, 3.8) is 0 Å². The van der Waals surface area contributed by atoms with E-state index in [1.54, 1.807) is 0 Å². The zero-order valence-electron chi connectivity index (χ0n) is 10.9. The average molecular weight is 321 g/mol. The average Bonchev–Trinajstić information content (AvgIpc) is 2.41. The third-order valence-corrected chi connectivity index (χ3v) is 4.31. The van der Waals surface area contributed by atoms with Crippen LogP contribution < -0.4 is 10.6 Å². The monoisotopic (exact) mass is 320 g/mol. The van der Waals surface area contributed by atoms with Crippen LogP contribution in [0, 0.1) is 5.92 Å². The molecular formula is C14H17BrN4. The van der Waals surface area contributed by atoms with E-state index in [-0.39, 0.29) is 6.04 Å². The quantitative estimate of drug-likeness (QED) is 0.877. The lowest BCUT2D eigenvalue weighted by Crippen LogP contribution is -2.47. The molecule has 2 aromatic heterocycles. The highest BCUT2D eigenvalue weighted by Crippen LogP contribution is 2.28. The normalized spacial score (nSPS) is 23.8. The van der Waals surface area contributed by atoms with Gasteiger partial charge in [-0.2, -0.15) is 0 Å². The largest absolute Gasteiger partial charge is 0.368 e. The Hall–Kier alpha value is -1.20. The van der Waals surface area contributed by atoms with Crippen molar-refractivity contribution in [3.05, 3.63) is 29.0 Å². The summed E-state index contributed by atoms with van der Waals surface area (Å²) in [5.74, 6) is 0.589. The number of aromatic nitrogens is 2. The van der Waals surface area contributed by atoms with E-state index in [1.165, 1.54) is 0 Å². The summed E-state index contributed by atoms with van der Waals surface area (Å²) in [6.45, 7) is 4.14. The van der Waals surface area contributed by atoms with Gasteiger partial charge in [-0.1, -0.05) is 6.92 Å². The van der Waals surface area contributed by atoms with E-state index < -0.39 is 0 Å². The Kier molecular flexibility index (Phi) is 3.41. The van der Waals surface area contributed by atoms with E-state index in [0.29, 0.717) is 5.92 Å². The van der Waals surface area contributed by atoms with Gasteiger partial charge in [-0.25, -0.2) is 0 Å². The van der Waals surface area contributed by atoms with E-state index >= 15 is 0 Å². The Bertz CT molecular complexity index is 601. The lowest BCUT2D eigenvalue weighted by Gasteiger charge is -2.36. The summed E-state index contributed by atoms with van der Waals surface area (Å²) >= 11 is 3.43. The van der Waals surface area contributed by atoms with Gasteiger partial charge in [0.25, 0.3) is 0 Å². The highest BCUT2D eigenvalue weighted by atomic mass is 79.9. The van der Waals surface area contributed by atoms with Crippen molar-refractivity contribution in [2.24, 2.45) is 11.7 Å². The van der Waals surface area contributed by atoms with Crippen molar-refractivity contribution in [2.75, 3.05) is 18.0 Å². The van der Waals surface area contributed by atoms with Crippen molar-refractivity contribution in [1.29, 1.82) is 0 Å². The molecule has 0 aliphatic carbocycles. The van der Waals surface area contributed by atoms with Gasteiger partial charge in [0.2, 0.25) is 0 Å². The third-order valence-electron chi connectivity index (χ3n) is 3.88. The molecule has 1 aliphatic heterocycles. The number of hydrogen-bond donors (Lipinski definition) is 1. The molecule has 0 aromatic carbocycles. The van der Waals surface area contributed by atoms with Crippen LogP contribution in [0.4, 0.5) is 5.69 Å². The molecule has 1 saturated heterocycles. The molecular weight excluding hydrogens is 304 g/mol. The Balaban J connectivity index is 2.01. The van der Waals surface area contributed by atoms with Crippen molar-refractivity contribution in [3.8, 4) is 0 Å². The highest BCUT2D eigenvalue weighted by Gasteiger charge is 2.24. The standard InChI is InChI=1S/C14H17BrN4/c1-9-3-5-19(8-11(9)16)13-2-4-17-12-6-10(15)7-18-14(12)13/h2,4,6-7,9,11H,3,5,8,16H2,1H3. The molecule has 2 unspecified atom stereocenters. The van der Waals surface area contributed by atoms with Crippen LogP contribution in [-0.4, -0.2) is 29.1 Å². The SMILES string of the molecule is CC1CCN(c2ccnc3cc(Br)cnc23)CC1N. The summed E-state index contributed by atoms with van der Waals surface area (Å²) in [7, 11) is 0. The maximum absolute atomic E-state index is 6.19. The van der Waals surface area contributed by atoms with E-state index in [2.05, 4.69) is 37.7 Å². The van der Waals surface area contributed by atoms with Gasteiger partial charge in [0.05, 0.1) is 11.2 Å². The number of nitrogens with two attached hydrogens (primary N) is 1. The first kappa shape index (κ1) is 12.8. The number of rotatable bonds is 1. The second kappa shape index (κ2) is 5.06. The molecule has 19 heavy (non-hydrogen) atoms. The summed E-state index contributed by atoms with van der Waals surface area (Å²) in [5.41, 5.74) is 9.19. The van der Waals surface area contributed by atoms with Crippen LogP contribution in [0.1, 0.15) is 13.3 Å². The first-order valence-corrected chi connectivity index (χ1v) is 7.35. The molecule has 2 aromatic rings. The maximum atomic E-state index is 6.19. The number of anilines is 1. The molecule has 2 N–H and O–H groups in total. The molecule has 3 rings (SSSR count). The van der Waals surface area contributed by atoms with Gasteiger partial charge in [-0.3, -0.25) is 9.97 Å². The lowest BCUT2D eigenvalue weighted by atomic mass is 9.94. The Morgan fingerprint density at radius 2 is 2.26 bits per heavy atom. The van der Waals surface area contributed by atoms with Crippen molar-refractivity contribution in [2.45, 2.75) is 19.4 Å². The van der Waals surface area contributed by atoms with Gasteiger partial charge in [0.1, 0.15) is 5.52 Å². The van der Waals surface area contributed by atoms with Crippen LogP contribution in [0.15, 0.2) is 29.0 Å².